The molecule has 0 radical (unpaired) electrons. The third kappa shape index (κ3) is 4.47. The van der Waals surface area contributed by atoms with Gasteiger partial charge in [0.1, 0.15) is 29.3 Å². The topological polar surface area (TPSA) is 86.2 Å². The molecule has 7 nitrogen and oxygen atoms in total. The lowest BCUT2D eigenvalue weighted by Crippen LogP contribution is -2.10. The Hall–Kier alpha value is -4.09. The van der Waals surface area contributed by atoms with Crippen LogP contribution in [0.1, 0.15) is 17.2 Å². The van der Waals surface area contributed by atoms with E-state index in [1.807, 2.05) is 0 Å². The Balaban J connectivity index is 1.79. The van der Waals surface area contributed by atoms with Gasteiger partial charge in [0, 0.05) is 25.3 Å². The van der Waals surface area contributed by atoms with Crippen LogP contribution >= 0.6 is 0 Å². The van der Waals surface area contributed by atoms with Gasteiger partial charge >= 0.3 is 6.18 Å². The Morgan fingerprint density at radius 3 is 2.43 bits per heavy atom. The fraction of sp³-hybridized carbons (Fsp3) is 0.192. The summed E-state index contributed by atoms with van der Waals surface area (Å²) < 4.78 is 68.2. The first-order valence-corrected chi connectivity index (χ1v) is 11.1. The van der Waals surface area contributed by atoms with Crippen molar-refractivity contribution in [2.75, 3.05) is 13.7 Å². The molecule has 1 atom stereocenters. The Morgan fingerprint density at radius 1 is 1.08 bits per heavy atom. The smallest absolute Gasteiger partial charge is 0.420 e. The minimum absolute atomic E-state index is 0.0496. The zero-order valence-corrected chi connectivity index (χ0v) is 19.6. The summed E-state index contributed by atoms with van der Waals surface area (Å²) in [4.78, 5) is 4.40. The summed E-state index contributed by atoms with van der Waals surface area (Å²) in [6, 6.07) is 13.2. The van der Waals surface area contributed by atoms with Gasteiger partial charge in [0.2, 0.25) is 5.89 Å². The first-order valence-electron chi connectivity index (χ1n) is 11.1. The Morgan fingerprint density at radius 2 is 1.81 bits per heavy atom. The Bertz CT molecular complexity index is 1570. The van der Waals surface area contributed by atoms with Crippen molar-refractivity contribution in [3.63, 3.8) is 0 Å². The van der Waals surface area contributed by atoms with E-state index in [9.17, 15) is 22.7 Å². The molecule has 5 aromatic rings. The third-order valence-corrected chi connectivity index (χ3v) is 6.03. The molecular weight excluding hydrogens is 492 g/mol. The second kappa shape index (κ2) is 9.41. The van der Waals surface area contributed by atoms with Crippen molar-refractivity contribution in [2.24, 2.45) is 7.05 Å². The summed E-state index contributed by atoms with van der Waals surface area (Å²) in [5.74, 6) is -0.0713. The molecule has 0 aliphatic heterocycles. The number of hydrogen-bond acceptors (Lipinski definition) is 6. The van der Waals surface area contributed by atoms with Gasteiger partial charge in [-0.3, -0.25) is 0 Å². The second-order valence-corrected chi connectivity index (χ2v) is 8.34. The van der Waals surface area contributed by atoms with Gasteiger partial charge in [0.05, 0.1) is 6.61 Å². The molecule has 190 valence electrons. The standard InChI is InChI=1S/C26H20F4N4O3/c1-34-13-31-33-24(34)22-17(14-6-8-16(27)9-7-14)4-3-5-18(22)25-32-20-11-15(21(12-35)36-2)10-19(23(20)37-25)26(28,29)30/h3-11,13,21,35H,12H2,1-2H3. The number of oxazole rings is 1. The maximum Gasteiger partial charge on any atom is 0.420 e. The molecule has 37 heavy (non-hydrogen) atoms. The SMILES string of the molecule is COC(CO)c1cc(C(F)(F)F)c2oc(-c3cccc(-c4ccc(F)cc4)c3-c3nncn3C)nc2c1. The van der Waals surface area contributed by atoms with Crippen LogP contribution in [0.4, 0.5) is 17.6 Å². The average Bonchev–Trinajstić information content (AvgIpc) is 3.49. The van der Waals surface area contributed by atoms with Gasteiger partial charge in [-0.05, 0) is 47.0 Å². The molecule has 0 spiro atoms. The summed E-state index contributed by atoms with van der Waals surface area (Å²) in [6.45, 7) is -0.514. The fourth-order valence-electron chi connectivity index (χ4n) is 4.23. The van der Waals surface area contributed by atoms with E-state index < -0.39 is 35.9 Å². The predicted molar refractivity (Wildman–Crippen MR) is 127 cm³/mol. The van der Waals surface area contributed by atoms with E-state index in [2.05, 4.69) is 15.2 Å². The summed E-state index contributed by atoms with van der Waals surface area (Å²) in [5, 5.41) is 17.7. The number of ether oxygens (including phenoxy) is 1. The largest absolute Gasteiger partial charge is 0.435 e. The van der Waals surface area contributed by atoms with Crippen molar-refractivity contribution in [3.8, 4) is 34.0 Å². The van der Waals surface area contributed by atoms with E-state index >= 15 is 0 Å². The molecule has 1 N–H and O–H groups in total. The Kier molecular flexibility index (Phi) is 6.26. The lowest BCUT2D eigenvalue weighted by molar-refractivity contribution is -0.137. The highest BCUT2D eigenvalue weighted by Crippen LogP contribution is 2.42. The van der Waals surface area contributed by atoms with Gasteiger partial charge in [0.25, 0.3) is 0 Å². The number of nitrogens with zero attached hydrogens (tertiary/aromatic N) is 4. The van der Waals surface area contributed by atoms with Gasteiger partial charge in [-0.15, -0.1) is 10.2 Å². The minimum Gasteiger partial charge on any atom is -0.435 e. The summed E-state index contributed by atoms with van der Waals surface area (Å²) in [7, 11) is 3.02. The number of alkyl halides is 3. The zero-order valence-electron chi connectivity index (χ0n) is 19.6. The number of rotatable bonds is 6. The molecule has 0 aliphatic rings. The van der Waals surface area contributed by atoms with Crippen molar-refractivity contribution >= 4 is 11.1 Å². The van der Waals surface area contributed by atoms with Crippen LogP contribution in [0.2, 0.25) is 0 Å². The summed E-state index contributed by atoms with van der Waals surface area (Å²) in [6.07, 6.45) is -4.23. The monoisotopic (exact) mass is 512 g/mol. The number of halogens is 4. The maximum atomic E-state index is 14.0. The first-order chi connectivity index (χ1) is 17.7. The van der Waals surface area contributed by atoms with E-state index in [1.165, 1.54) is 31.6 Å². The van der Waals surface area contributed by atoms with Gasteiger partial charge in [-0.25, -0.2) is 9.37 Å². The van der Waals surface area contributed by atoms with Crippen LogP contribution < -0.4 is 0 Å². The number of hydrogen-bond donors (Lipinski definition) is 1. The maximum absolute atomic E-state index is 14.0. The van der Waals surface area contributed by atoms with Gasteiger partial charge < -0.3 is 18.8 Å². The lowest BCUT2D eigenvalue weighted by atomic mass is 9.94. The molecule has 0 saturated carbocycles. The van der Waals surface area contributed by atoms with Crippen LogP contribution in [-0.4, -0.2) is 38.6 Å². The fourth-order valence-corrected chi connectivity index (χ4v) is 4.23. The second-order valence-electron chi connectivity index (χ2n) is 8.34. The number of aryl methyl sites for hydroxylation is 1. The van der Waals surface area contributed by atoms with Crippen LogP contribution in [0.5, 0.6) is 0 Å². The molecule has 0 amide bonds. The van der Waals surface area contributed by atoms with Crippen LogP contribution in [0.15, 0.2) is 65.3 Å². The molecular formula is C26H20F4N4O3. The number of methoxy groups -OCH3 is 1. The van der Waals surface area contributed by atoms with E-state index in [1.54, 1.807) is 41.9 Å². The van der Waals surface area contributed by atoms with E-state index in [-0.39, 0.29) is 17.0 Å². The predicted octanol–water partition coefficient (Wildman–Crippen LogP) is 5.80. The molecule has 2 aromatic heterocycles. The molecule has 2 heterocycles. The summed E-state index contributed by atoms with van der Waals surface area (Å²) >= 11 is 0. The van der Waals surface area contributed by atoms with Crippen LogP contribution in [-0.2, 0) is 18.0 Å². The van der Waals surface area contributed by atoms with E-state index in [0.717, 1.165) is 6.07 Å². The number of fused-ring (bicyclic) bond motifs is 1. The molecule has 0 fully saturated rings. The van der Waals surface area contributed by atoms with Crippen LogP contribution in [0.3, 0.4) is 0 Å². The highest BCUT2D eigenvalue weighted by molar-refractivity contribution is 5.92. The molecule has 0 aliphatic carbocycles. The zero-order chi connectivity index (χ0) is 26.3. The van der Waals surface area contributed by atoms with Gasteiger partial charge in [0.15, 0.2) is 11.4 Å². The third-order valence-electron chi connectivity index (χ3n) is 6.03. The normalized spacial score (nSPS) is 12.8. The van der Waals surface area contributed by atoms with Crippen molar-refractivity contribution in [1.82, 2.24) is 19.7 Å². The van der Waals surface area contributed by atoms with Crippen molar-refractivity contribution in [1.29, 1.82) is 0 Å². The van der Waals surface area contributed by atoms with Crippen molar-refractivity contribution in [3.05, 3.63) is 77.9 Å². The van der Waals surface area contributed by atoms with E-state index in [4.69, 9.17) is 9.15 Å². The molecule has 5 rings (SSSR count). The Labute approximate surface area is 208 Å². The minimum atomic E-state index is -4.75. The number of benzene rings is 3. The summed E-state index contributed by atoms with van der Waals surface area (Å²) in [5.41, 5.74) is 0.728. The molecule has 3 aromatic carbocycles. The van der Waals surface area contributed by atoms with Crippen LogP contribution in [0, 0.1) is 5.82 Å². The highest BCUT2D eigenvalue weighted by Gasteiger charge is 2.36. The first kappa shape index (κ1) is 24.6. The molecule has 11 heteroatoms. The van der Waals surface area contributed by atoms with Crippen LogP contribution in [0.25, 0.3) is 45.1 Å². The van der Waals surface area contributed by atoms with Gasteiger partial charge in [-0.1, -0.05) is 24.3 Å². The number of aliphatic hydroxyl groups excluding tert-OH is 1. The van der Waals surface area contributed by atoms with E-state index in [0.29, 0.717) is 28.1 Å². The number of aromatic nitrogens is 4. The number of aliphatic hydroxyl groups is 1. The molecule has 1 unspecified atom stereocenters. The molecule has 0 saturated heterocycles. The van der Waals surface area contributed by atoms with Gasteiger partial charge in [-0.2, -0.15) is 13.2 Å². The average molecular weight is 512 g/mol. The quantitative estimate of drug-likeness (QED) is 0.290. The highest BCUT2D eigenvalue weighted by atomic mass is 19.4. The van der Waals surface area contributed by atoms with Crippen molar-refractivity contribution < 1.29 is 31.8 Å². The molecule has 0 bridgehead atoms. The van der Waals surface area contributed by atoms with Crippen molar-refractivity contribution in [2.45, 2.75) is 12.3 Å². The lowest BCUT2D eigenvalue weighted by Gasteiger charge is -2.15.